The Morgan fingerprint density at radius 3 is 2.71 bits per heavy atom. The largest absolute Gasteiger partial charge is 0.382 e. The number of pyridine rings is 1. The van der Waals surface area contributed by atoms with Gasteiger partial charge >= 0.3 is 0 Å². The highest BCUT2D eigenvalue weighted by atomic mass is 35.5. The first kappa shape index (κ1) is 14.8. The molecule has 0 aliphatic rings. The molecule has 21 heavy (non-hydrogen) atoms. The summed E-state index contributed by atoms with van der Waals surface area (Å²) in [5.74, 6) is -0.0950. The molecular formula is C15H13ClN4O. The van der Waals surface area contributed by atoms with Gasteiger partial charge in [-0.15, -0.1) is 0 Å². The predicted molar refractivity (Wildman–Crippen MR) is 82.0 cm³/mol. The van der Waals surface area contributed by atoms with Crippen LogP contribution in [0.1, 0.15) is 16.8 Å². The van der Waals surface area contributed by atoms with Gasteiger partial charge in [0.2, 0.25) is 0 Å². The molecule has 106 valence electrons. The van der Waals surface area contributed by atoms with Crippen molar-refractivity contribution in [3.63, 3.8) is 0 Å². The number of rotatable bonds is 4. The molecule has 0 saturated heterocycles. The van der Waals surface area contributed by atoms with Crippen LogP contribution in [0.25, 0.3) is 0 Å². The molecule has 6 heteroatoms. The molecule has 1 aromatic carbocycles. The van der Waals surface area contributed by atoms with Crippen molar-refractivity contribution in [1.29, 1.82) is 5.26 Å². The molecule has 1 aromatic heterocycles. The van der Waals surface area contributed by atoms with Gasteiger partial charge in [-0.05, 0) is 18.2 Å². The Bertz CT molecular complexity index is 682. The maximum absolute atomic E-state index is 12.6. The van der Waals surface area contributed by atoms with E-state index >= 15 is 0 Å². The zero-order valence-corrected chi connectivity index (χ0v) is 11.9. The highest BCUT2D eigenvalue weighted by molar-refractivity contribution is 6.33. The lowest BCUT2D eigenvalue weighted by molar-refractivity contribution is 0.0987. The van der Waals surface area contributed by atoms with Crippen LogP contribution >= 0.6 is 11.6 Å². The number of hydrogen-bond acceptors (Lipinski definition) is 4. The van der Waals surface area contributed by atoms with E-state index in [1.165, 1.54) is 17.2 Å². The molecule has 0 bridgehead atoms. The fourth-order valence-electron chi connectivity index (χ4n) is 1.84. The van der Waals surface area contributed by atoms with Crippen molar-refractivity contribution in [2.24, 2.45) is 0 Å². The van der Waals surface area contributed by atoms with Crippen LogP contribution in [-0.2, 0) is 0 Å². The Labute approximate surface area is 127 Å². The van der Waals surface area contributed by atoms with Crippen LogP contribution in [-0.4, -0.2) is 17.4 Å². The number of amides is 1. The summed E-state index contributed by atoms with van der Waals surface area (Å²) >= 11 is 5.90. The summed E-state index contributed by atoms with van der Waals surface area (Å²) in [7, 11) is 0. The second-order valence-electron chi connectivity index (χ2n) is 4.29. The van der Waals surface area contributed by atoms with Crippen LogP contribution in [0.4, 0.5) is 11.5 Å². The number of aromatic nitrogens is 1. The summed E-state index contributed by atoms with van der Waals surface area (Å²) < 4.78 is 0. The third kappa shape index (κ3) is 3.50. The minimum atomic E-state index is -0.272. The lowest BCUT2D eigenvalue weighted by Gasteiger charge is -2.21. The van der Waals surface area contributed by atoms with Gasteiger partial charge in [0, 0.05) is 18.4 Å². The summed E-state index contributed by atoms with van der Waals surface area (Å²) in [5.41, 5.74) is 6.59. The number of carbonyl (C=O) groups is 1. The average molecular weight is 301 g/mol. The zero-order chi connectivity index (χ0) is 15.2. The Morgan fingerprint density at radius 1 is 1.38 bits per heavy atom. The highest BCUT2D eigenvalue weighted by Gasteiger charge is 2.18. The molecule has 2 rings (SSSR count). The van der Waals surface area contributed by atoms with Gasteiger partial charge in [0.15, 0.2) is 0 Å². The van der Waals surface area contributed by atoms with Crippen molar-refractivity contribution in [2.45, 2.75) is 6.42 Å². The maximum Gasteiger partial charge on any atom is 0.259 e. The SMILES string of the molecule is N#CCCN(C(=O)c1cnc(N)c(Cl)c1)c1ccccc1. The number of nitriles is 1. The van der Waals surface area contributed by atoms with Crippen LogP contribution < -0.4 is 10.6 Å². The van der Waals surface area contributed by atoms with Crippen molar-refractivity contribution in [1.82, 2.24) is 4.98 Å². The first-order valence-corrected chi connectivity index (χ1v) is 6.66. The Kier molecular flexibility index (Phi) is 4.75. The molecule has 0 atom stereocenters. The highest BCUT2D eigenvalue weighted by Crippen LogP contribution is 2.21. The third-order valence-corrected chi connectivity index (χ3v) is 3.18. The maximum atomic E-state index is 12.6. The number of benzene rings is 1. The first-order chi connectivity index (χ1) is 10.1. The molecular weight excluding hydrogens is 288 g/mol. The van der Waals surface area contributed by atoms with Gasteiger partial charge in [-0.3, -0.25) is 4.79 Å². The number of anilines is 2. The third-order valence-electron chi connectivity index (χ3n) is 2.88. The summed E-state index contributed by atoms with van der Waals surface area (Å²) in [6.45, 7) is 0.293. The van der Waals surface area contributed by atoms with Gasteiger partial charge in [0.25, 0.3) is 5.91 Å². The van der Waals surface area contributed by atoms with Crippen molar-refractivity contribution >= 4 is 29.0 Å². The van der Waals surface area contributed by atoms with E-state index in [-0.39, 0.29) is 23.2 Å². The minimum absolute atomic E-state index is 0.177. The Hall–Kier alpha value is -2.58. The second kappa shape index (κ2) is 6.73. The quantitative estimate of drug-likeness (QED) is 0.941. The van der Waals surface area contributed by atoms with Crippen molar-refractivity contribution in [3.05, 3.63) is 53.2 Å². The van der Waals surface area contributed by atoms with Crippen molar-refractivity contribution in [3.8, 4) is 6.07 Å². The number of nitrogens with zero attached hydrogens (tertiary/aromatic N) is 3. The standard InChI is InChI=1S/C15H13ClN4O/c16-13-9-11(10-19-14(13)18)15(21)20(8-4-7-17)12-5-2-1-3-6-12/h1-3,5-6,9-10H,4,8H2,(H2,18,19). The van der Waals surface area contributed by atoms with E-state index in [0.29, 0.717) is 17.8 Å². The van der Waals surface area contributed by atoms with Crippen LogP contribution in [0.3, 0.4) is 0 Å². The van der Waals surface area contributed by atoms with Gasteiger partial charge in [-0.25, -0.2) is 4.98 Å². The van der Waals surface area contributed by atoms with E-state index in [2.05, 4.69) is 4.98 Å². The molecule has 1 heterocycles. The van der Waals surface area contributed by atoms with Gasteiger partial charge in [0.05, 0.1) is 23.1 Å². The molecule has 0 fully saturated rings. The summed E-state index contributed by atoms with van der Waals surface area (Å²) in [4.78, 5) is 18.0. The van der Waals surface area contributed by atoms with Crippen LogP contribution in [0.2, 0.25) is 5.02 Å². The summed E-state index contributed by atoms with van der Waals surface area (Å²) in [5, 5.41) is 8.99. The van der Waals surface area contributed by atoms with Crippen LogP contribution in [0.15, 0.2) is 42.6 Å². The first-order valence-electron chi connectivity index (χ1n) is 6.28. The molecule has 0 aliphatic carbocycles. The molecule has 2 aromatic rings. The molecule has 0 saturated carbocycles. The Balaban J connectivity index is 2.34. The smallest absolute Gasteiger partial charge is 0.259 e. The minimum Gasteiger partial charge on any atom is -0.382 e. The van der Waals surface area contributed by atoms with Crippen molar-refractivity contribution < 1.29 is 4.79 Å². The number of nitrogen functional groups attached to an aromatic ring is 1. The molecule has 2 N–H and O–H groups in total. The Morgan fingerprint density at radius 2 is 2.10 bits per heavy atom. The lowest BCUT2D eigenvalue weighted by Crippen LogP contribution is -2.31. The molecule has 0 aliphatic heterocycles. The molecule has 1 amide bonds. The van der Waals surface area contributed by atoms with E-state index in [9.17, 15) is 4.79 Å². The molecule has 0 unspecified atom stereocenters. The molecule has 5 nitrogen and oxygen atoms in total. The predicted octanol–water partition coefficient (Wildman–Crippen LogP) is 2.88. The number of para-hydroxylation sites is 1. The number of halogens is 1. The number of hydrogen-bond donors (Lipinski definition) is 1. The van der Waals surface area contributed by atoms with E-state index < -0.39 is 0 Å². The van der Waals surface area contributed by atoms with E-state index in [1.807, 2.05) is 36.4 Å². The second-order valence-corrected chi connectivity index (χ2v) is 4.70. The van der Waals surface area contributed by atoms with Crippen LogP contribution in [0, 0.1) is 11.3 Å². The van der Waals surface area contributed by atoms with E-state index in [1.54, 1.807) is 0 Å². The van der Waals surface area contributed by atoms with Gasteiger partial charge in [-0.2, -0.15) is 5.26 Å². The molecule has 0 radical (unpaired) electrons. The van der Waals surface area contributed by atoms with Gasteiger partial charge in [-0.1, -0.05) is 29.8 Å². The number of nitrogens with two attached hydrogens (primary N) is 1. The van der Waals surface area contributed by atoms with Gasteiger partial charge < -0.3 is 10.6 Å². The van der Waals surface area contributed by atoms with Gasteiger partial charge in [0.1, 0.15) is 5.82 Å². The molecule has 0 spiro atoms. The van der Waals surface area contributed by atoms with E-state index in [0.717, 1.165) is 0 Å². The monoisotopic (exact) mass is 300 g/mol. The zero-order valence-electron chi connectivity index (χ0n) is 11.2. The topological polar surface area (TPSA) is 83.0 Å². The number of carbonyl (C=O) groups excluding carboxylic acids is 1. The van der Waals surface area contributed by atoms with Crippen LogP contribution in [0.5, 0.6) is 0 Å². The fourth-order valence-corrected chi connectivity index (χ4v) is 2.01. The summed E-state index contributed by atoms with van der Waals surface area (Å²) in [6.07, 6.45) is 1.61. The average Bonchev–Trinajstić information content (AvgIpc) is 2.51. The van der Waals surface area contributed by atoms with Crippen molar-refractivity contribution in [2.75, 3.05) is 17.2 Å². The van der Waals surface area contributed by atoms with E-state index in [4.69, 9.17) is 22.6 Å². The fraction of sp³-hybridized carbons (Fsp3) is 0.133. The lowest BCUT2D eigenvalue weighted by atomic mass is 10.2. The summed E-state index contributed by atoms with van der Waals surface area (Å²) in [6, 6.07) is 12.7. The normalized spacial score (nSPS) is 9.90.